The molecule has 1 N–H and O–H groups in total. The van der Waals surface area contributed by atoms with Crippen LogP contribution in [-0.4, -0.2) is 24.5 Å². The van der Waals surface area contributed by atoms with Crippen molar-refractivity contribution in [3.05, 3.63) is 65.9 Å². The van der Waals surface area contributed by atoms with Crippen LogP contribution in [0.1, 0.15) is 51.6 Å². The summed E-state index contributed by atoms with van der Waals surface area (Å²) < 4.78 is 47.4. The molecule has 0 saturated carbocycles. The SMILES string of the molecule is CCCCOc1ccc([C@@H]2[C@H]3C(=O)CC(C)(C)C=C3Nc3ccccc3N2C(=O)C(F)(F)F)cc1. The first-order valence-corrected chi connectivity index (χ1v) is 11.8. The average Bonchev–Trinajstić information content (AvgIpc) is 2.92. The van der Waals surface area contributed by atoms with E-state index in [9.17, 15) is 22.8 Å². The lowest BCUT2D eigenvalue weighted by atomic mass is 9.72. The molecule has 5 nitrogen and oxygen atoms in total. The second-order valence-electron chi connectivity index (χ2n) is 9.74. The van der Waals surface area contributed by atoms with Crippen LogP contribution in [0.15, 0.2) is 60.3 Å². The van der Waals surface area contributed by atoms with E-state index >= 15 is 0 Å². The summed E-state index contributed by atoms with van der Waals surface area (Å²) in [5.41, 5.74) is 0.866. The maximum atomic E-state index is 13.9. The summed E-state index contributed by atoms with van der Waals surface area (Å²) in [5.74, 6) is -2.64. The third-order valence-electron chi connectivity index (χ3n) is 6.34. The molecule has 4 rings (SSSR count). The molecular weight excluding hydrogens is 457 g/mol. The molecule has 186 valence electrons. The van der Waals surface area contributed by atoms with Gasteiger partial charge in [-0.05, 0) is 41.7 Å². The number of nitrogens with zero attached hydrogens (tertiary/aromatic N) is 1. The van der Waals surface area contributed by atoms with Crippen molar-refractivity contribution < 1.29 is 27.5 Å². The number of Topliss-reactive ketones (excluding diaryl/α,β-unsaturated/α-hetero) is 1. The van der Waals surface area contributed by atoms with Crippen molar-refractivity contribution in [2.24, 2.45) is 11.3 Å². The van der Waals surface area contributed by atoms with Crippen molar-refractivity contribution in [1.29, 1.82) is 0 Å². The first-order valence-electron chi connectivity index (χ1n) is 11.8. The largest absolute Gasteiger partial charge is 0.494 e. The van der Waals surface area contributed by atoms with E-state index in [4.69, 9.17) is 4.74 Å². The Bertz CT molecular complexity index is 1140. The number of carbonyl (C=O) groups is 2. The highest BCUT2D eigenvalue weighted by Crippen LogP contribution is 2.49. The Hall–Kier alpha value is -3.29. The standard InChI is InChI=1S/C27H29F3N2O3/c1-4-5-14-35-18-12-10-17(11-13-18)24-23-20(15-26(2,3)16-22(23)33)31-19-8-6-7-9-21(19)32(24)25(34)27(28,29)30/h6-13,15,23-24,31H,4-5,14,16H2,1-3H3/t23-,24-/m1/s1. The van der Waals surface area contributed by atoms with Gasteiger partial charge in [0.1, 0.15) is 11.5 Å². The van der Waals surface area contributed by atoms with Crippen LogP contribution in [0.5, 0.6) is 5.75 Å². The fourth-order valence-corrected chi connectivity index (χ4v) is 4.81. The molecular formula is C27H29F3N2O3. The Kier molecular flexibility index (Phi) is 6.66. The summed E-state index contributed by atoms with van der Waals surface area (Å²) in [6, 6.07) is 11.8. The number of nitrogens with one attached hydrogen (secondary N) is 1. The molecule has 2 aromatic carbocycles. The number of unbranched alkanes of at least 4 members (excludes halogenated alkanes) is 1. The number of alkyl halides is 3. The van der Waals surface area contributed by atoms with Gasteiger partial charge >= 0.3 is 12.1 Å². The summed E-state index contributed by atoms with van der Waals surface area (Å²) >= 11 is 0. The molecule has 8 heteroatoms. The Morgan fingerprint density at radius 3 is 2.49 bits per heavy atom. The van der Waals surface area contributed by atoms with Crippen molar-refractivity contribution in [2.45, 2.75) is 52.3 Å². The van der Waals surface area contributed by atoms with Crippen molar-refractivity contribution in [2.75, 3.05) is 16.8 Å². The van der Waals surface area contributed by atoms with Crippen molar-refractivity contribution in [3.63, 3.8) is 0 Å². The molecule has 0 fully saturated rings. The number of rotatable bonds is 5. The summed E-state index contributed by atoms with van der Waals surface area (Å²) in [6.45, 7) is 6.38. The third-order valence-corrected chi connectivity index (χ3v) is 6.34. The molecule has 2 aromatic rings. The van der Waals surface area contributed by atoms with Crippen LogP contribution in [0.4, 0.5) is 24.5 Å². The lowest BCUT2D eigenvalue weighted by Crippen LogP contribution is -2.48. The van der Waals surface area contributed by atoms with Crippen molar-refractivity contribution in [1.82, 2.24) is 0 Å². The maximum absolute atomic E-state index is 13.9. The summed E-state index contributed by atoms with van der Waals surface area (Å²) in [4.78, 5) is 27.1. The lowest BCUT2D eigenvalue weighted by Gasteiger charge is -2.39. The highest BCUT2D eigenvalue weighted by Gasteiger charge is 2.52. The summed E-state index contributed by atoms with van der Waals surface area (Å²) in [6.07, 6.45) is -1.23. The predicted octanol–water partition coefficient (Wildman–Crippen LogP) is 6.43. The molecule has 2 atom stereocenters. The van der Waals surface area contributed by atoms with Gasteiger partial charge in [0, 0.05) is 12.1 Å². The van der Waals surface area contributed by atoms with E-state index in [-0.39, 0.29) is 17.9 Å². The highest BCUT2D eigenvalue weighted by atomic mass is 19.4. The van der Waals surface area contributed by atoms with Gasteiger partial charge in [-0.1, -0.05) is 57.5 Å². The molecule has 0 aromatic heterocycles. The average molecular weight is 487 g/mol. The van der Waals surface area contributed by atoms with Crippen molar-refractivity contribution >= 4 is 23.1 Å². The molecule has 1 amide bonds. The quantitative estimate of drug-likeness (QED) is 0.495. The molecule has 0 saturated heterocycles. The molecule has 0 spiro atoms. The van der Waals surface area contributed by atoms with Gasteiger partial charge in [0.2, 0.25) is 0 Å². The number of amides is 1. The Balaban J connectivity index is 1.89. The molecule has 1 heterocycles. The normalized spacial score (nSPS) is 21.3. The fourth-order valence-electron chi connectivity index (χ4n) is 4.81. The van der Waals surface area contributed by atoms with E-state index in [2.05, 4.69) is 5.32 Å². The first kappa shape index (κ1) is 24.8. The number of allylic oxidation sites excluding steroid dienone is 1. The number of hydrogen-bond donors (Lipinski definition) is 1. The van der Waals surface area contributed by atoms with Crippen LogP contribution in [0.3, 0.4) is 0 Å². The van der Waals surface area contributed by atoms with Crippen LogP contribution < -0.4 is 15.0 Å². The van der Waals surface area contributed by atoms with Crippen LogP contribution in [0.2, 0.25) is 0 Å². The number of para-hydroxylation sites is 2. The number of ether oxygens (including phenoxy) is 1. The monoisotopic (exact) mass is 486 g/mol. The number of fused-ring (bicyclic) bond motifs is 2. The van der Waals surface area contributed by atoms with Crippen molar-refractivity contribution in [3.8, 4) is 5.75 Å². The van der Waals surface area contributed by atoms with E-state index in [1.807, 2.05) is 26.8 Å². The summed E-state index contributed by atoms with van der Waals surface area (Å²) in [5, 5.41) is 3.18. The van der Waals surface area contributed by atoms with Gasteiger partial charge in [-0.15, -0.1) is 0 Å². The minimum atomic E-state index is -5.13. The van der Waals surface area contributed by atoms with Gasteiger partial charge < -0.3 is 10.1 Å². The van der Waals surface area contributed by atoms with E-state index in [0.717, 1.165) is 17.7 Å². The highest BCUT2D eigenvalue weighted by molar-refractivity contribution is 6.03. The third kappa shape index (κ3) is 5.06. The minimum absolute atomic E-state index is 0.0732. The Morgan fingerprint density at radius 1 is 1.14 bits per heavy atom. The first-order chi connectivity index (χ1) is 16.5. The number of ketones is 1. The van der Waals surface area contributed by atoms with Crippen LogP contribution in [0.25, 0.3) is 0 Å². The van der Waals surface area contributed by atoms with Gasteiger partial charge in [-0.25, -0.2) is 0 Å². The molecule has 35 heavy (non-hydrogen) atoms. The maximum Gasteiger partial charge on any atom is 0.471 e. The molecule has 1 aliphatic heterocycles. The Labute approximate surface area is 203 Å². The zero-order valence-corrected chi connectivity index (χ0v) is 20.0. The Morgan fingerprint density at radius 2 is 1.83 bits per heavy atom. The number of benzene rings is 2. The van der Waals surface area contributed by atoms with E-state index in [1.165, 1.54) is 6.07 Å². The summed E-state index contributed by atoms with van der Waals surface area (Å²) in [7, 11) is 0. The van der Waals surface area contributed by atoms with Gasteiger partial charge in [0.25, 0.3) is 0 Å². The van der Waals surface area contributed by atoms with Gasteiger partial charge in [0.15, 0.2) is 0 Å². The molecule has 2 aliphatic rings. The molecule has 0 bridgehead atoms. The minimum Gasteiger partial charge on any atom is -0.494 e. The zero-order valence-electron chi connectivity index (χ0n) is 20.0. The van der Waals surface area contributed by atoms with Gasteiger partial charge in [-0.3, -0.25) is 14.5 Å². The van der Waals surface area contributed by atoms with E-state index in [0.29, 0.717) is 29.3 Å². The lowest BCUT2D eigenvalue weighted by molar-refractivity contribution is -0.171. The fraction of sp³-hybridized carbons (Fsp3) is 0.407. The number of carbonyl (C=O) groups excluding carboxylic acids is 2. The smallest absolute Gasteiger partial charge is 0.471 e. The van der Waals surface area contributed by atoms with Crippen LogP contribution in [0, 0.1) is 11.3 Å². The number of halogens is 3. The van der Waals surface area contributed by atoms with Gasteiger partial charge in [-0.2, -0.15) is 13.2 Å². The second-order valence-corrected chi connectivity index (χ2v) is 9.74. The van der Waals surface area contributed by atoms with Crippen LogP contribution >= 0.6 is 0 Å². The molecule has 0 radical (unpaired) electrons. The zero-order chi connectivity index (χ0) is 25.4. The van der Waals surface area contributed by atoms with Crippen LogP contribution in [-0.2, 0) is 9.59 Å². The number of hydrogen-bond acceptors (Lipinski definition) is 4. The molecule has 1 aliphatic carbocycles. The topological polar surface area (TPSA) is 58.6 Å². The predicted molar refractivity (Wildman–Crippen MR) is 128 cm³/mol. The van der Waals surface area contributed by atoms with E-state index in [1.54, 1.807) is 42.5 Å². The molecule has 0 unspecified atom stereocenters. The number of anilines is 2. The second kappa shape index (κ2) is 9.40. The van der Waals surface area contributed by atoms with Gasteiger partial charge in [0.05, 0.1) is 29.9 Å². The van der Waals surface area contributed by atoms with E-state index < -0.39 is 29.5 Å².